The Morgan fingerprint density at radius 1 is 0.838 bits per heavy atom. The van der Waals surface area contributed by atoms with Gasteiger partial charge in [-0.05, 0) is 107 Å². The van der Waals surface area contributed by atoms with Gasteiger partial charge in [0, 0.05) is 65.6 Å². The van der Waals surface area contributed by atoms with Gasteiger partial charge < -0.3 is 48.3 Å². The lowest BCUT2D eigenvalue weighted by molar-refractivity contribution is -0.265. The van der Waals surface area contributed by atoms with Gasteiger partial charge in [0.15, 0.2) is 5.78 Å². The highest BCUT2D eigenvalue weighted by Gasteiger charge is 2.52. The summed E-state index contributed by atoms with van der Waals surface area (Å²) >= 11 is 0. The fraction of sp³-hybridized carbons (Fsp3) is 0.778. The molecule has 1 saturated carbocycles. The second-order valence-corrected chi connectivity index (χ2v) is 20.5. The topological polar surface area (TPSA) is 177 Å². The zero-order chi connectivity index (χ0) is 50.1. The molecule has 1 amide bonds. The molecule has 0 aromatic carbocycles. The summed E-state index contributed by atoms with van der Waals surface area (Å²) in [5.74, 6) is -5.78. The number of fused-ring (bicyclic) bond motifs is 3. The number of ketones is 3. The maximum Gasteiger partial charge on any atom is 0.296 e. The number of Topliss-reactive ketones (excluding diaryl/α,β-unsaturated/α-hetero) is 3. The first-order chi connectivity index (χ1) is 32.4. The molecule has 3 fully saturated rings. The molecule has 14 nitrogen and oxygen atoms in total. The number of carbonyl (C=O) groups is 4. The molecule has 15 atom stereocenters. The van der Waals surface area contributed by atoms with Crippen LogP contribution in [-0.2, 0) is 52.3 Å². The average Bonchev–Trinajstić information content (AvgIpc) is 3.32. The monoisotopic (exact) mass is 958 g/mol. The number of piperidine rings is 1. The van der Waals surface area contributed by atoms with Gasteiger partial charge in [0.1, 0.15) is 18.0 Å². The number of aliphatic hydroxyl groups excluding tert-OH is 1. The van der Waals surface area contributed by atoms with Crippen LogP contribution in [0.1, 0.15) is 126 Å². The number of rotatable bonds is 10. The highest BCUT2D eigenvalue weighted by molar-refractivity contribution is 6.38. The number of ether oxygens (including phenoxy) is 7. The molecule has 1 aliphatic carbocycles. The van der Waals surface area contributed by atoms with E-state index in [-0.39, 0.29) is 60.7 Å². The summed E-state index contributed by atoms with van der Waals surface area (Å²) < 4.78 is 41.7. The van der Waals surface area contributed by atoms with Crippen LogP contribution in [0.15, 0.2) is 47.6 Å². The maximum absolute atomic E-state index is 14.3. The number of methoxy groups -OCH3 is 4. The molecule has 2 N–H and O–H groups in total. The van der Waals surface area contributed by atoms with Crippen molar-refractivity contribution in [3.8, 4) is 0 Å². The van der Waals surface area contributed by atoms with Crippen LogP contribution in [0.2, 0.25) is 0 Å². The summed E-state index contributed by atoms with van der Waals surface area (Å²) in [5.41, 5.74) is 1.38. The Morgan fingerprint density at radius 2 is 1.59 bits per heavy atom. The quantitative estimate of drug-likeness (QED) is 0.127. The van der Waals surface area contributed by atoms with Gasteiger partial charge in [0.05, 0.1) is 56.4 Å². The van der Waals surface area contributed by atoms with Crippen LogP contribution >= 0.6 is 0 Å². The van der Waals surface area contributed by atoms with Gasteiger partial charge in [-0.25, -0.2) is 0 Å². The van der Waals surface area contributed by atoms with Gasteiger partial charge in [0.2, 0.25) is 5.79 Å². The first-order valence-corrected chi connectivity index (χ1v) is 25.4. The van der Waals surface area contributed by atoms with Crippen LogP contribution in [0, 0.1) is 35.5 Å². The third-order valence-corrected chi connectivity index (χ3v) is 15.2. The van der Waals surface area contributed by atoms with Crippen molar-refractivity contribution in [1.82, 2.24) is 4.90 Å². The van der Waals surface area contributed by atoms with Crippen molar-refractivity contribution in [2.75, 3.05) is 54.8 Å². The first kappa shape index (κ1) is 57.7. The number of carbonyl (C=O) groups excluding carboxylic acids is 4. The molecule has 0 aromatic rings. The van der Waals surface area contributed by atoms with Crippen LogP contribution in [0.3, 0.4) is 0 Å². The van der Waals surface area contributed by atoms with Gasteiger partial charge in [0.25, 0.3) is 11.7 Å². The number of allylic oxidation sites excluding steroid dienone is 6. The SMILES string of the molecule is COCCO[C@@H]1CC[C@@H](C[C@@H](C)[C@@H]2CC(=O)[C@H](C)/C=C(\C)[C@@H](O)[C@@H](OC)C(=O)[C@H](C)C[C@H](C)/C=C/C=C/C=C(\C)[C@@H](OC)C[C@@H]3CC[C@@H](C)[C@@](O)(O3)C(=O)C(=O)N3CCCC[C@H]3CO2)C[C@H]1OC. The molecule has 4 aliphatic rings. The number of aliphatic hydroxyl groups is 2. The smallest absolute Gasteiger partial charge is 0.296 e. The molecule has 68 heavy (non-hydrogen) atoms. The van der Waals surface area contributed by atoms with E-state index >= 15 is 0 Å². The Bertz CT molecular complexity index is 1740. The Morgan fingerprint density at radius 3 is 2.28 bits per heavy atom. The Balaban J connectivity index is 1.66. The van der Waals surface area contributed by atoms with Crippen molar-refractivity contribution in [3.05, 3.63) is 47.6 Å². The van der Waals surface area contributed by atoms with Gasteiger partial charge >= 0.3 is 0 Å². The summed E-state index contributed by atoms with van der Waals surface area (Å²) in [4.78, 5) is 58.1. The summed E-state index contributed by atoms with van der Waals surface area (Å²) in [7, 11) is 6.39. The van der Waals surface area contributed by atoms with Gasteiger partial charge in [-0.1, -0.05) is 71.1 Å². The van der Waals surface area contributed by atoms with E-state index in [0.717, 1.165) is 37.7 Å². The van der Waals surface area contributed by atoms with Crippen molar-refractivity contribution in [1.29, 1.82) is 0 Å². The summed E-state index contributed by atoms with van der Waals surface area (Å²) in [6, 6.07) is -0.464. The number of nitrogens with zero attached hydrogens (tertiary/aromatic N) is 1. The second kappa shape index (κ2) is 28.2. The Kier molecular flexibility index (Phi) is 23.9. The summed E-state index contributed by atoms with van der Waals surface area (Å²) in [6.07, 6.45) is 15.0. The van der Waals surface area contributed by atoms with Crippen molar-refractivity contribution in [3.63, 3.8) is 0 Å². The highest BCUT2D eigenvalue weighted by atomic mass is 16.6. The Hall–Kier alpha value is -2.92. The lowest BCUT2D eigenvalue weighted by Crippen LogP contribution is -2.60. The lowest BCUT2D eigenvalue weighted by atomic mass is 9.78. The van der Waals surface area contributed by atoms with E-state index in [4.69, 9.17) is 33.2 Å². The molecule has 0 unspecified atom stereocenters. The molecular weight excluding hydrogens is 871 g/mol. The molecule has 14 heteroatoms. The normalized spacial score (nSPS) is 39.2. The molecule has 3 aliphatic heterocycles. The number of amides is 1. The third kappa shape index (κ3) is 16.0. The molecule has 386 valence electrons. The molecule has 2 saturated heterocycles. The largest absolute Gasteiger partial charge is 0.386 e. The summed E-state index contributed by atoms with van der Waals surface area (Å²) in [6.45, 7) is 14.6. The van der Waals surface area contributed by atoms with Crippen molar-refractivity contribution >= 4 is 23.3 Å². The van der Waals surface area contributed by atoms with Gasteiger partial charge in [-0.15, -0.1) is 0 Å². The molecule has 4 rings (SSSR count). The first-order valence-electron chi connectivity index (χ1n) is 25.4. The molecule has 3 heterocycles. The fourth-order valence-corrected chi connectivity index (χ4v) is 10.7. The van der Waals surface area contributed by atoms with E-state index < -0.39 is 65.7 Å². The van der Waals surface area contributed by atoms with E-state index in [1.807, 2.05) is 51.2 Å². The van der Waals surface area contributed by atoms with E-state index in [2.05, 4.69) is 6.92 Å². The third-order valence-electron chi connectivity index (χ3n) is 15.2. The molecule has 0 spiro atoms. The Labute approximate surface area is 407 Å². The predicted molar refractivity (Wildman–Crippen MR) is 261 cm³/mol. The lowest BCUT2D eigenvalue weighted by Gasteiger charge is -2.43. The van der Waals surface area contributed by atoms with Gasteiger partial charge in [-0.2, -0.15) is 0 Å². The zero-order valence-corrected chi connectivity index (χ0v) is 43.2. The summed E-state index contributed by atoms with van der Waals surface area (Å²) in [5, 5.41) is 23.5. The highest BCUT2D eigenvalue weighted by Crippen LogP contribution is 2.38. The van der Waals surface area contributed by atoms with E-state index in [0.29, 0.717) is 63.9 Å². The van der Waals surface area contributed by atoms with Crippen LogP contribution in [0.5, 0.6) is 0 Å². The number of hydrogen-bond donors (Lipinski definition) is 2. The van der Waals surface area contributed by atoms with E-state index in [1.54, 1.807) is 48.2 Å². The van der Waals surface area contributed by atoms with Gasteiger partial charge in [-0.3, -0.25) is 19.2 Å². The second-order valence-electron chi connectivity index (χ2n) is 20.5. The van der Waals surface area contributed by atoms with Crippen LogP contribution in [-0.4, -0.2) is 148 Å². The standard InChI is InChI=1S/C54H87NO13/c1-34-17-13-12-14-18-35(2)46(63-9)31-43-22-20-40(7)54(61,68-43)52(59)53(60)55-24-16-15-19-42(55)33-67-47(37(4)29-41-21-23-45(48(30-41)64-10)66-26-25-62-8)32-44(56)36(3)28-39(6)50(58)51(65-11)49(57)38(5)27-34/h12-14,17-18,28,34,36-38,40-43,45-48,50-51,58,61H,15-16,19-27,29-33H2,1-11H3/b14-12+,17-13+,35-18+,39-28+/t34-,36-,37-,38-,40-,41+,42+,43+,45-,46+,47+,48-,50-,51+,54-/m1/s1. The predicted octanol–water partition coefficient (Wildman–Crippen LogP) is 7.32. The minimum absolute atomic E-state index is 0.0345. The maximum atomic E-state index is 14.3. The molecular formula is C54H87NO13. The van der Waals surface area contributed by atoms with Crippen LogP contribution in [0.25, 0.3) is 0 Å². The number of hydrogen-bond acceptors (Lipinski definition) is 13. The fourth-order valence-electron chi connectivity index (χ4n) is 10.7. The van der Waals surface area contributed by atoms with Crippen LogP contribution < -0.4 is 0 Å². The van der Waals surface area contributed by atoms with E-state index in [1.165, 1.54) is 12.0 Å². The average molecular weight is 958 g/mol. The van der Waals surface area contributed by atoms with E-state index in [9.17, 15) is 29.4 Å². The molecule has 0 radical (unpaired) electrons. The van der Waals surface area contributed by atoms with Crippen LogP contribution in [0.4, 0.5) is 0 Å². The minimum atomic E-state index is -2.31. The van der Waals surface area contributed by atoms with Crippen molar-refractivity contribution < 1.29 is 62.5 Å². The molecule has 0 aromatic heterocycles. The molecule has 2 bridgehead atoms. The van der Waals surface area contributed by atoms with Crippen molar-refractivity contribution in [2.24, 2.45) is 35.5 Å². The minimum Gasteiger partial charge on any atom is -0.386 e. The van der Waals surface area contributed by atoms with Crippen molar-refractivity contribution in [2.45, 2.75) is 180 Å². The zero-order valence-electron chi connectivity index (χ0n) is 43.2.